The maximum atomic E-state index is 5.41. The molecule has 1 aliphatic carbocycles. The Morgan fingerprint density at radius 2 is 2.00 bits per heavy atom. The molecule has 4 nitrogen and oxygen atoms in total. The number of aromatic nitrogens is 2. The fourth-order valence-electron chi connectivity index (χ4n) is 1.83. The molecule has 94 valence electrons. The van der Waals surface area contributed by atoms with Crippen LogP contribution in [-0.2, 0) is 11.3 Å². The van der Waals surface area contributed by atoms with Gasteiger partial charge in [0.2, 0.25) is 0 Å². The van der Waals surface area contributed by atoms with E-state index in [2.05, 4.69) is 29.1 Å². The van der Waals surface area contributed by atoms with E-state index >= 15 is 0 Å². The number of methoxy groups -OCH3 is 1. The van der Waals surface area contributed by atoms with Crippen molar-refractivity contribution < 1.29 is 4.74 Å². The lowest BCUT2D eigenvalue weighted by Crippen LogP contribution is -2.17. The van der Waals surface area contributed by atoms with E-state index < -0.39 is 0 Å². The maximum Gasteiger partial charge on any atom is 0.157 e. The fourth-order valence-corrected chi connectivity index (χ4v) is 1.83. The van der Waals surface area contributed by atoms with Gasteiger partial charge in [-0.15, -0.1) is 0 Å². The Bertz CT molecular complexity index is 346. The van der Waals surface area contributed by atoms with Crippen LogP contribution in [0.4, 0.5) is 0 Å². The standard InChI is InChI=1S/C13H21N3O/c1-9(2)12(17-3)13-15-7-10(8-16-13)6-14-11-4-5-11/h7-9,11-12,14H,4-6H2,1-3H3. The third-order valence-electron chi connectivity index (χ3n) is 3.01. The SMILES string of the molecule is COC(c1ncc(CNC2CC2)cn1)C(C)C. The molecule has 4 heteroatoms. The van der Waals surface area contributed by atoms with Gasteiger partial charge in [-0.3, -0.25) is 0 Å². The summed E-state index contributed by atoms with van der Waals surface area (Å²) >= 11 is 0. The lowest BCUT2D eigenvalue weighted by atomic mass is 10.1. The van der Waals surface area contributed by atoms with Crippen molar-refractivity contribution in [3.05, 3.63) is 23.8 Å². The van der Waals surface area contributed by atoms with Crippen molar-refractivity contribution >= 4 is 0 Å². The van der Waals surface area contributed by atoms with Crippen LogP contribution in [-0.4, -0.2) is 23.1 Å². The molecule has 1 unspecified atom stereocenters. The third kappa shape index (κ3) is 3.48. The molecule has 0 saturated heterocycles. The Morgan fingerprint density at radius 3 is 2.47 bits per heavy atom. The third-order valence-corrected chi connectivity index (χ3v) is 3.01. The van der Waals surface area contributed by atoms with Crippen molar-refractivity contribution in [2.24, 2.45) is 5.92 Å². The average molecular weight is 235 g/mol. The van der Waals surface area contributed by atoms with Crippen molar-refractivity contribution in [2.45, 2.75) is 45.4 Å². The highest BCUT2D eigenvalue weighted by atomic mass is 16.5. The van der Waals surface area contributed by atoms with Crippen LogP contribution in [0.3, 0.4) is 0 Å². The number of hydrogen-bond acceptors (Lipinski definition) is 4. The normalized spacial score (nSPS) is 17.4. The Balaban J connectivity index is 1.95. The van der Waals surface area contributed by atoms with Crippen LogP contribution < -0.4 is 5.32 Å². The highest BCUT2D eigenvalue weighted by Crippen LogP contribution is 2.22. The second-order valence-corrected chi connectivity index (χ2v) is 5.01. The molecule has 0 radical (unpaired) electrons. The molecular formula is C13H21N3O. The van der Waals surface area contributed by atoms with E-state index in [1.807, 2.05) is 12.4 Å². The Morgan fingerprint density at radius 1 is 1.35 bits per heavy atom. The van der Waals surface area contributed by atoms with Gasteiger partial charge in [-0.2, -0.15) is 0 Å². The molecule has 0 aromatic carbocycles. The van der Waals surface area contributed by atoms with E-state index in [1.165, 1.54) is 12.8 Å². The highest BCUT2D eigenvalue weighted by molar-refractivity contribution is 5.07. The average Bonchev–Trinajstić information content (AvgIpc) is 3.12. The molecule has 2 rings (SSSR count). The smallest absolute Gasteiger partial charge is 0.157 e. The van der Waals surface area contributed by atoms with E-state index in [0.717, 1.165) is 24.0 Å². The summed E-state index contributed by atoms with van der Waals surface area (Å²) in [7, 11) is 1.70. The second-order valence-electron chi connectivity index (χ2n) is 5.01. The molecule has 0 bridgehead atoms. The molecule has 1 aromatic heterocycles. The van der Waals surface area contributed by atoms with Gasteiger partial charge in [0.05, 0.1) is 0 Å². The zero-order valence-electron chi connectivity index (χ0n) is 10.8. The molecule has 0 aliphatic heterocycles. The van der Waals surface area contributed by atoms with Crippen LogP contribution in [0.25, 0.3) is 0 Å². The summed E-state index contributed by atoms with van der Waals surface area (Å²) in [5.41, 5.74) is 1.14. The Kier molecular flexibility index (Phi) is 4.07. The predicted octanol–water partition coefficient (Wildman–Crippen LogP) is 2.07. The van der Waals surface area contributed by atoms with Crippen LogP contribution in [0.1, 0.15) is 44.2 Å². The van der Waals surface area contributed by atoms with Gasteiger partial charge in [0.15, 0.2) is 5.82 Å². The summed E-state index contributed by atoms with van der Waals surface area (Å²) in [6.07, 6.45) is 6.38. The number of nitrogens with zero attached hydrogens (tertiary/aromatic N) is 2. The van der Waals surface area contributed by atoms with Crippen molar-refractivity contribution in [1.82, 2.24) is 15.3 Å². The van der Waals surface area contributed by atoms with Crippen LogP contribution in [0, 0.1) is 5.92 Å². The quantitative estimate of drug-likeness (QED) is 0.820. The summed E-state index contributed by atoms with van der Waals surface area (Å²) in [6.45, 7) is 5.09. The minimum atomic E-state index is -0.0135. The van der Waals surface area contributed by atoms with Gasteiger partial charge >= 0.3 is 0 Å². The summed E-state index contributed by atoms with van der Waals surface area (Å²) in [6, 6.07) is 0.720. The molecule has 1 fully saturated rings. The van der Waals surface area contributed by atoms with Crippen LogP contribution >= 0.6 is 0 Å². The van der Waals surface area contributed by atoms with E-state index in [-0.39, 0.29) is 6.10 Å². The Labute approximate surface area is 103 Å². The Hall–Kier alpha value is -1.00. The molecule has 1 N–H and O–H groups in total. The van der Waals surface area contributed by atoms with Gasteiger partial charge in [-0.1, -0.05) is 13.8 Å². The highest BCUT2D eigenvalue weighted by Gasteiger charge is 2.20. The molecule has 17 heavy (non-hydrogen) atoms. The molecule has 1 atom stereocenters. The van der Waals surface area contributed by atoms with Gasteiger partial charge in [-0.05, 0) is 18.8 Å². The first kappa shape index (κ1) is 12.5. The molecule has 0 amide bonds. The van der Waals surface area contributed by atoms with Gasteiger partial charge in [-0.25, -0.2) is 9.97 Å². The fraction of sp³-hybridized carbons (Fsp3) is 0.692. The van der Waals surface area contributed by atoms with E-state index in [4.69, 9.17) is 4.74 Å². The topological polar surface area (TPSA) is 47.0 Å². The number of hydrogen-bond donors (Lipinski definition) is 1. The predicted molar refractivity (Wildman–Crippen MR) is 66.5 cm³/mol. The first-order valence-electron chi connectivity index (χ1n) is 6.27. The first-order chi connectivity index (χ1) is 8.20. The zero-order chi connectivity index (χ0) is 12.3. The van der Waals surface area contributed by atoms with Crippen molar-refractivity contribution in [3.63, 3.8) is 0 Å². The van der Waals surface area contributed by atoms with E-state index in [1.54, 1.807) is 7.11 Å². The minimum absolute atomic E-state index is 0.0135. The molecule has 1 heterocycles. The molecule has 0 spiro atoms. The maximum absolute atomic E-state index is 5.41. The van der Waals surface area contributed by atoms with Crippen molar-refractivity contribution in [2.75, 3.05) is 7.11 Å². The van der Waals surface area contributed by atoms with Gasteiger partial charge in [0.25, 0.3) is 0 Å². The molecule has 1 aliphatic rings. The van der Waals surface area contributed by atoms with E-state index in [9.17, 15) is 0 Å². The summed E-state index contributed by atoms with van der Waals surface area (Å²) < 4.78 is 5.41. The molecule has 1 aromatic rings. The summed E-state index contributed by atoms with van der Waals surface area (Å²) in [5, 5.41) is 3.45. The molecule has 1 saturated carbocycles. The van der Waals surface area contributed by atoms with Crippen molar-refractivity contribution in [1.29, 1.82) is 0 Å². The lowest BCUT2D eigenvalue weighted by molar-refractivity contribution is 0.0574. The minimum Gasteiger partial charge on any atom is -0.373 e. The second kappa shape index (κ2) is 5.56. The van der Waals surface area contributed by atoms with Gasteiger partial charge in [0.1, 0.15) is 6.10 Å². The zero-order valence-corrected chi connectivity index (χ0v) is 10.8. The monoisotopic (exact) mass is 235 g/mol. The number of nitrogens with one attached hydrogen (secondary N) is 1. The van der Waals surface area contributed by atoms with Crippen LogP contribution in [0.15, 0.2) is 12.4 Å². The first-order valence-corrected chi connectivity index (χ1v) is 6.27. The largest absolute Gasteiger partial charge is 0.373 e. The number of ether oxygens (including phenoxy) is 1. The summed E-state index contributed by atoms with van der Waals surface area (Å²) in [5.74, 6) is 1.16. The van der Waals surface area contributed by atoms with Crippen molar-refractivity contribution in [3.8, 4) is 0 Å². The lowest BCUT2D eigenvalue weighted by Gasteiger charge is -2.17. The van der Waals surface area contributed by atoms with Crippen LogP contribution in [0.5, 0.6) is 0 Å². The van der Waals surface area contributed by atoms with Gasteiger partial charge in [0, 0.05) is 37.7 Å². The van der Waals surface area contributed by atoms with Crippen LogP contribution in [0.2, 0.25) is 0 Å². The molecular weight excluding hydrogens is 214 g/mol. The number of rotatable bonds is 6. The van der Waals surface area contributed by atoms with E-state index in [0.29, 0.717) is 5.92 Å². The summed E-state index contributed by atoms with van der Waals surface area (Å²) in [4.78, 5) is 8.79. The van der Waals surface area contributed by atoms with Gasteiger partial charge < -0.3 is 10.1 Å².